The van der Waals surface area contributed by atoms with Crippen molar-refractivity contribution in [3.05, 3.63) is 26.8 Å². The molecule has 2 aromatic heterocycles. The molecule has 0 saturated carbocycles. The van der Waals surface area contributed by atoms with Crippen molar-refractivity contribution >= 4 is 92.8 Å². The predicted octanol–water partition coefficient (Wildman–Crippen LogP) is 1.10. The second kappa shape index (κ2) is 10.9. The molecule has 3 N–H and O–H groups in total. The summed E-state index contributed by atoms with van der Waals surface area (Å²) in [6, 6.07) is -0.994. The minimum atomic E-state index is -1.23. The molecule has 1 fully saturated rings. The quantitative estimate of drug-likeness (QED) is 0.121. The van der Waals surface area contributed by atoms with E-state index in [0.29, 0.717) is 27.8 Å². The largest absolute Gasteiger partial charge is 0.477 e. The first-order chi connectivity index (χ1) is 16.8. The Labute approximate surface area is 218 Å². The normalized spacial score (nSPS) is 19.7. The number of hydrogen-bond acceptors (Lipinski definition) is 13. The molecule has 2 aromatic rings. The lowest BCUT2D eigenvalue weighted by molar-refractivity contribution is -0.150. The summed E-state index contributed by atoms with van der Waals surface area (Å²) in [5, 5.41) is 25.5. The van der Waals surface area contributed by atoms with Gasteiger partial charge in [0.25, 0.3) is 11.8 Å². The third-order valence-electron chi connectivity index (χ3n) is 4.64. The fraction of sp³-hybridized carbons (Fsp3) is 0.294. The number of rotatable bonds is 10. The highest BCUT2D eigenvalue weighted by molar-refractivity contribution is 8.01. The van der Waals surface area contributed by atoms with E-state index in [0.717, 1.165) is 11.3 Å². The van der Waals surface area contributed by atoms with Crippen molar-refractivity contribution in [2.75, 3.05) is 23.9 Å². The maximum Gasteiger partial charge on any atom is 0.352 e. The lowest BCUT2D eigenvalue weighted by Gasteiger charge is -2.49. The SMILES string of the molecule is CON=C(C(=O)NC1C(=O)N2C(C(=O)O)=C(CSc3nncs3)CS[C@@H]12)c1nc(NC=O)sc1Cl. The summed E-state index contributed by atoms with van der Waals surface area (Å²) in [5.74, 6) is -1.91. The summed E-state index contributed by atoms with van der Waals surface area (Å²) in [4.78, 5) is 58.5. The van der Waals surface area contributed by atoms with Gasteiger partial charge in [0, 0.05) is 11.5 Å². The molecule has 0 aromatic carbocycles. The Hall–Kier alpha value is -2.73. The van der Waals surface area contributed by atoms with Crippen LogP contribution in [0.25, 0.3) is 0 Å². The molecule has 2 aliphatic heterocycles. The summed E-state index contributed by atoms with van der Waals surface area (Å²) in [6.45, 7) is 0. The number of amides is 3. The fourth-order valence-electron chi connectivity index (χ4n) is 3.22. The van der Waals surface area contributed by atoms with Crippen LogP contribution in [-0.2, 0) is 24.0 Å². The maximum absolute atomic E-state index is 13.0. The number of carboxylic acids is 1. The number of β-lactam (4-membered cyclic amide) rings is 1. The van der Waals surface area contributed by atoms with E-state index in [1.807, 2.05) is 0 Å². The lowest BCUT2D eigenvalue weighted by atomic mass is 10.0. The number of nitrogens with one attached hydrogen (secondary N) is 2. The number of hydrogen-bond donors (Lipinski definition) is 3. The molecule has 2 aliphatic rings. The van der Waals surface area contributed by atoms with Crippen LogP contribution in [-0.4, -0.2) is 85.1 Å². The number of fused-ring (bicyclic) bond motifs is 1. The average molecular weight is 576 g/mol. The molecule has 1 saturated heterocycles. The van der Waals surface area contributed by atoms with Gasteiger partial charge in [0.1, 0.15) is 39.8 Å². The molecule has 4 rings (SSSR count). The van der Waals surface area contributed by atoms with Crippen LogP contribution >= 0.6 is 57.8 Å². The smallest absolute Gasteiger partial charge is 0.352 e. The Morgan fingerprint density at radius 3 is 2.94 bits per heavy atom. The summed E-state index contributed by atoms with van der Waals surface area (Å²) in [6.07, 6.45) is 0.405. The molecule has 35 heavy (non-hydrogen) atoms. The topological polar surface area (TPSA) is 176 Å². The number of oxime groups is 1. The Bertz CT molecular complexity index is 1230. The standard InChI is InChI=1S/C17H14ClN7O6S4/c1-31-24-8(7-11(18)35-16(22-7)19-4-26)12(27)21-9-13(28)25-10(15(29)30)6(2-32-14(9)25)3-33-17-23-20-5-34-17/h4-5,9,14H,2-3H2,1H3,(H,21,27)(H,29,30)(H,19,22,26)/t9?,14-/m0/s1. The van der Waals surface area contributed by atoms with Gasteiger partial charge in [-0.15, -0.1) is 22.0 Å². The fourth-order valence-corrected chi connectivity index (χ4v) is 7.20. The number of carbonyl (C=O) groups excluding carboxylic acids is 3. The van der Waals surface area contributed by atoms with Crippen molar-refractivity contribution in [2.45, 2.75) is 15.8 Å². The highest BCUT2D eigenvalue weighted by Gasteiger charge is 2.54. The Kier molecular flexibility index (Phi) is 7.90. The van der Waals surface area contributed by atoms with Crippen LogP contribution in [0.2, 0.25) is 4.34 Å². The lowest BCUT2D eigenvalue weighted by Crippen LogP contribution is -2.71. The first-order valence-electron chi connectivity index (χ1n) is 9.43. The van der Waals surface area contributed by atoms with Gasteiger partial charge in [0.2, 0.25) is 6.41 Å². The predicted molar refractivity (Wildman–Crippen MR) is 131 cm³/mol. The number of anilines is 1. The molecule has 4 heterocycles. The van der Waals surface area contributed by atoms with Gasteiger partial charge in [0.05, 0.1) is 0 Å². The van der Waals surface area contributed by atoms with Gasteiger partial charge in [-0.05, 0) is 5.57 Å². The third kappa shape index (κ3) is 5.13. The zero-order valence-corrected chi connectivity index (χ0v) is 21.5. The van der Waals surface area contributed by atoms with Gasteiger partial charge in [-0.25, -0.2) is 9.78 Å². The van der Waals surface area contributed by atoms with E-state index in [4.69, 9.17) is 16.4 Å². The van der Waals surface area contributed by atoms with E-state index in [9.17, 15) is 24.3 Å². The second-order valence-electron chi connectivity index (χ2n) is 6.64. The van der Waals surface area contributed by atoms with Crippen molar-refractivity contribution in [3.63, 3.8) is 0 Å². The minimum Gasteiger partial charge on any atom is -0.477 e. The number of aromatic nitrogens is 3. The van der Waals surface area contributed by atoms with Gasteiger partial charge >= 0.3 is 5.97 Å². The van der Waals surface area contributed by atoms with Crippen LogP contribution < -0.4 is 10.6 Å². The van der Waals surface area contributed by atoms with Crippen LogP contribution in [0.4, 0.5) is 5.13 Å². The van der Waals surface area contributed by atoms with Crippen LogP contribution in [0.1, 0.15) is 5.69 Å². The van der Waals surface area contributed by atoms with Crippen LogP contribution in [0, 0.1) is 0 Å². The first-order valence-corrected chi connectivity index (χ1v) is 13.5. The Morgan fingerprint density at radius 2 is 2.29 bits per heavy atom. The van der Waals surface area contributed by atoms with Gasteiger partial charge < -0.3 is 20.6 Å². The molecule has 13 nitrogen and oxygen atoms in total. The van der Waals surface area contributed by atoms with E-state index < -0.39 is 29.2 Å². The maximum atomic E-state index is 13.0. The van der Waals surface area contributed by atoms with Gasteiger partial charge in [-0.1, -0.05) is 51.2 Å². The zero-order valence-electron chi connectivity index (χ0n) is 17.5. The monoisotopic (exact) mass is 575 g/mol. The van der Waals surface area contributed by atoms with Crippen molar-refractivity contribution in [1.29, 1.82) is 0 Å². The summed E-state index contributed by atoms with van der Waals surface area (Å²) < 4.78 is 0.758. The van der Waals surface area contributed by atoms with E-state index in [2.05, 4.69) is 31.0 Å². The molecule has 184 valence electrons. The van der Waals surface area contributed by atoms with E-state index in [-0.39, 0.29) is 26.6 Å². The number of halogens is 1. The van der Waals surface area contributed by atoms with Crippen molar-refractivity contribution < 1.29 is 29.1 Å². The molecule has 0 radical (unpaired) electrons. The van der Waals surface area contributed by atoms with E-state index in [1.165, 1.54) is 46.9 Å². The van der Waals surface area contributed by atoms with Gasteiger partial charge in [-0.2, -0.15) is 0 Å². The Morgan fingerprint density at radius 1 is 1.49 bits per heavy atom. The summed E-state index contributed by atoms with van der Waals surface area (Å²) in [5.41, 5.74) is 1.71. The molecule has 2 atom stereocenters. The number of nitrogens with zero attached hydrogens (tertiary/aromatic N) is 5. The zero-order chi connectivity index (χ0) is 25.1. The minimum absolute atomic E-state index is 0.0394. The number of carboxylic acid groups (broad SMARTS) is 1. The number of carbonyl (C=O) groups is 4. The van der Waals surface area contributed by atoms with Gasteiger partial charge in [-0.3, -0.25) is 19.3 Å². The number of aliphatic carboxylic acids is 1. The molecular weight excluding hydrogens is 562 g/mol. The van der Waals surface area contributed by atoms with E-state index in [1.54, 1.807) is 5.51 Å². The molecule has 18 heteroatoms. The highest BCUT2D eigenvalue weighted by atomic mass is 35.5. The number of thioether (sulfide) groups is 2. The third-order valence-corrected chi connectivity index (χ3v) is 9.11. The second-order valence-corrected chi connectivity index (χ2v) is 11.4. The molecule has 0 aliphatic carbocycles. The Balaban J connectivity index is 1.50. The van der Waals surface area contributed by atoms with Crippen LogP contribution in [0.15, 0.2) is 26.3 Å². The molecule has 0 spiro atoms. The van der Waals surface area contributed by atoms with Crippen molar-refractivity contribution in [2.24, 2.45) is 5.16 Å². The highest BCUT2D eigenvalue weighted by Crippen LogP contribution is 2.41. The van der Waals surface area contributed by atoms with Crippen molar-refractivity contribution in [1.82, 2.24) is 25.4 Å². The molecular formula is C17H14ClN7O6S4. The van der Waals surface area contributed by atoms with Crippen molar-refractivity contribution in [3.8, 4) is 0 Å². The van der Waals surface area contributed by atoms with Gasteiger partial charge in [0.15, 0.2) is 15.2 Å². The summed E-state index contributed by atoms with van der Waals surface area (Å²) >= 11 is 11.1. The van der Waals surface area contributed by atoms with Crippen LogP contribution in [0.3, 0.4) is 0 Å². The average Bonchev–Trinajstić information content (AvgIpc) is 3.48. The van der Waals surface area contributed by atoms with Crippen LogP contribution in [0.5, 0.6) is 0 Å². The van der Waals surface area contributed by atoms with E-state index >= 15 is 0 Å². The molecule has 0 bridgehead atoms. The molecule has 1 unspecified atom stereocenters. The number of thiazole rings is 1. The first kappa shape index (κ1) is 25.4. The molecule has 3 amide bonds. The summed E-state index contributed by atoms with van der Waals surface area (Å²) in [7, 11) is 1.22.